The van der Waals surface area contributed by atoms with Gasteiger partial charge in [-0.05, 0) is 31.6 Å². The molecule has 1 aromatic rings. The topological polar surface area (TPSA) is 55.1 Å². The first-order valence-corrected chi connectivity index (χ1v) is 7.67. The number of thiophene rings is 1. The second-order valence-electron chi connectivity index (χ2n) is 4.67. The maximum atomic E-state index is 11.0. The minimum Gasteiger partial charge on any atom is -0.366 e. The van der Waals surface area contributed by atoms with Gasteiger partial charge in [-0.2, -0.15) is 11.8 Å². The van der Waals surface area contributed by atoms with E-state index in [4.69, 9.17) is 5.73 Å². The van der Waals surface area contributed by atoms with E-state index in [-0.39, 0.29) is 5.91 Å². The Morgan fingerprint density at radius 1 is 1.65 bits per heavy atom. The molecule has 1 aromatic heterocycles. The summed E-state index contributed by atoms with van der Waals surface area (Å²) in [6, 6.07) is 1.88. The van der Waals surface area contributed by atoms with Crippen molar-refractivity contribution in [1.82, 2.24) is 5.32 Å². The lowest BCUT2D eigenvalue weighted by Gasteiger charge is -2.22. The average Bonchev–Trinajstić information content (AvgIpc) is 2.88. The van der Waals surface area contributed by atoms with E-state index in [1.807, 2.05) is 11.4 Å². The van der Waals surface area contributed by atoms with Crippen LogP contribution >= 0.6 is 23.1 Å². The number of thioether (sulfide) groups is 1. The van der Waals surface area contributed by atoms with Crippen molar-refractivity contribution in [1.29, 1.82) is 0 Å². The number of hydrogen-bond acceptors (Lipinski definition) is 4. The van der Waals surface area contributed by atoms with E-state index in [2.05, 4.69) is 24.0 Å². The van der Waals surface area contributed by atoms with Crippen molar-refractivity contribution in [3.8, 4) is 0 Å². The van der Waals surface area contributed by atoms with E-state index < -0.39 is 0 Å². The van der Waals surface area contributed by atoms with Crippen molar-refractivity contribution < 1.29 is 4.79 Å². The van der Waals surface area contributed by atoms with Crippen LogP contribution in [0.5, 0.6) is 0 Å². The Morgan fingerprint density at radius 3 is 3.06 bits per heavy atom. The highest BCUT2D eigenvalue weighted by atomic mass is 32.2. The van der Waals surface area contributed by atoms with E-state index in [9.17, 15) is 4.79 Å². The summed E-state index contributed by atoms with van der Waals surface area (Å²) >= 11 is 3.65. The zero-order valence-corrected chi connectivity index (χ0v) is 11.6. The third-order valence-electron chi connectivity index (χ3n) is 3.04. The van der Waals surface area contributed by atoms with Gasteiger partial charge in [0.25, 0.3) is 0 Å². The lowest BCUT2D eigenvalue weighted by Crippen LogP contribution is -2.32. The molecule has 0 bridgehead atoms. The number of nitrogens with two attached hydrogens (primary N) is 1. The summed E-state index contributed by atoms with van der Waals surface area (Å²) < 4.78 is 0.393. The first-order chi connectivity index (χ1) is 8.09. The predicted octanol–water partition coefficient (Wildman–Crippen LogP) is 2.22. The second-order valence-corrected chi connectivity index (χ2v) is 7.35. The number of carbonyl (C=O) groups is 1. The van der Waals surface area contributed by atoms with Crippen molar-refractivity contribution in [2.45, 2.75) is 31.1 Å². The maximum Gasteiger partial charge on any atom is 0.249 e. The first-order valence-electron chi connectivity index (χ1n) is 5.81. The molecular weight excluding hydrogens is 252 g/mol. The molecule has 0 spiro atoms. The number of nitrogens with one attached hydrogen (secondary N) is 1. The molecule has 5 heteroatoms. The molecule has 17 heavy (non-hydrogen) atoms. The summed E-state index contributed by atoms with van der Waals surface area (Å²) in [6.07, 6.45) is 2.62. The van der Waals surface area contributed by atoms with Crippen LogP contribution in [0.25, 0.3) is 0 Å². The molecular formula is C12H18N2OS2. The minimum atomic E-state index is -0.342. The van der Waals surface area contributed by atoms with Crippen LogP contribution in [0.3, 0.4) is 0 Å². The van der Waals surface area contributed by atoms with Gasteiger partial charge >= 0.3 is 0 Å². The molecule has 2 heterocycles. The molecule has 3 N–H and O–H groups in total. The summed E-state index contributed by atoms with van der Waals surface area (Å²) in [6.45, 7) is 4.18. The van der Waals surface area contributed by atoms with Gasteiger partial charge in [0.2, 0.25) is 5.91 Å². The van der Waals surface area contributed by atoms with E-state index >= 15 is 0 Å². The molecule has 1 saturated heterocycles. The van der Waals surface area contributed by atoms with Crippen molar-refractivity contribution in [3.63, 3.8) is 0 Å². The summed E-state index contributed by atoms with van der Waals surface area (Å²) in [4.78, 5) is 12.1. The van der Waals surface area contributed by atoms with Gasteiger partial charge in [0.05, 0.1) is 5.56 Å². The Hall–Kier alpha value is -0.520. The summed E-state index contributed by atoms with van der Waals surface area (Å²) in [5, 5.41) is 5.30. The summed E-state index contributed by atoms with van der Waals surface area (Å²) in [5.74, 6) is 0.939. The van der Waals surface area contributed by atoms with Crippen LogP contribution in [0, 0.1) is 0 Å². The van der Waals surface area contributed by atoms with Gasteiger partial charge in [0.15, 0.2) is 0 Å². The van der Waals surface area contributed by atoms with Gasteiger partial charge in [-0.25, -0.2) is 0 Å². The Balaban J connectivity index is 1.79. The summed E-state index contributed by atoms with van der Waals surface area (Å²) in [7, 11) is 0. The second kappa shape index (κ2) is 5.42. The normalized spacial score (nSPS) is 24.1. The van der Waals surface area contributed by atoms with Crippen LogP contribution in [0.1, 0.15) is 35.0 Å². The third-order valence-corrected chi connectivity index (χ3v) is 5.51. The zero-order valence-electron chi connectivity index (χ0n) is 9.99. The SMILES string of the molecule is CC1(CNCc2cc(C(N)=O)cs2)CCCS1. The van der Waals surface area contributed by atoms with Crippen LogP contribution in [0.15, 0.2) is 11.4 Å². The van der Waals surface area contributed by atoms with Gasteiger partial charge < -0.3 is 11.1 Å². The zero-order chi connectivity index (χ0) is 12.3. The van der Waals surface area contributed by atoms with Gasteiger partial charge in [0.1, 0.15) is 0 Å². The molecule has 3 nitrogen and oxygen atoms in total. The number of amides is 1. The van der Waals surface area contributed by atoms with Gasteiger partial charge in [0, 0.05) is 28.1 Å². The Labute approximate surface area is 110 Å². The Morgan fingerprint density at radius 2 is 2.47 bits per heavy atom. The largest absolute Gasteiger partial charge is 0.366 e. The van der Waals surface area contributed by atoms with Crippen molar-refractivity contribution in [2.75, 3.05) is 12.3 Å². The fraction of sp³-hybridized carbons (Fsp3) is 0.583. The Bertz CT molecular complexity index is 397. The lowest BCUT2D eigenvalue weighted by molar-refractivity contribution is 0.100. The number of hydrogen-bond donors (Lipinski definition) is 2. The van der Waals surface area contributed by atoms with Crippen molar-refractivity contribution in [3.05, 3.63) is 21.9 Å². The maximum absolute atomic E-state index is 11.0. The molecule has 1 aliphatic heterocycles. The van der Waals surface area contributed by atoms with E-state index in [1.165, 1.54) is 23.5 Å². The van der Waals surface area contributed by atoms with Crippen LogP contribution in [0.4, 0.5) is 0 Å². The molecule has 0 radical (unpaired) electrons. The number of primary amides is 1. The monoisotopic (exact) mass is 270 g/mol. The highest BCUT2D eigenvalue weighted by Crippen LogP contribution is 2.37. The van der Waals surface area contributed by atoms with Crippen molar-refractivity contribution >= 4 is 29.0 Å². The van der Waals surface area contributed by atoms with Crippen LogP contribution in [0.2, 0.25) is 0 Å². The molecule has 1 atom stereocenters. The lowest BCUT2D eigenvalue weighted by atomic mass is 10.1. The standard InChI is InChI=1S/C12H18N2OS2/c1-12(3-2-4-17-12)8-14-6-10-5-9(7-16-10)11(13)15/h5,7,14H,2-4,6,8H2,1H3,(H2,13,15). The van der Waals surface area contributed by atoms with Crippen LogP contribution in [-0.4, -0.2) is 23.0 Å². The molecule has 0 aliphatic carbocycles. The molecule has 1 unspecified atom stereocenters. The molecule has 2 rings (SSSR count). The smallest absolute Gasteiger partial charge is 0.249 e. The van der Waals surface area contributed by atoms with Gasteiger partial charge in [-0.1, -0.05) is 0 Å². The van der Waals surface area contributed by atoms with Crippen molar-refractivity contribution in [2.24, 2.45) is 5.73 Å². The quantitative estimate of drug-likeness (QED) is 0.862. The van der Waals surface area contributed by atoms with Crippen LogP contribution in [-0.2, 0) is 6.54 Å². The van der Waals surface area contributed by atoms with Gasteiger partial charge in [-0.15, -0.1) is 11.3 Å². The van der Waals surface area contributed by atoms with Crippen LogP contribution < -0.4 is 11.1 Å². The molecule has 1 fully saturated rings. The van der Waals surface area contributed by atoms with E-state index in [1.54, 1.807) is 11.3 Å². The highest BCUT2D eigenvalue weighted by molar-refractivity contribution is 8.00. The first kappa shape index (κ1) is 12.9. The Kier molecular flexibility index (Phi) is 4.12. The average molecular weight is 270 g/mol. The minimum absolute atomic E-state index is 0.342. The molecule has 1 aliphatic rings. The predicted molar refractivity (Wildman–Crippen MR) is 74.6 cm³/mol. The molecule has 94 valence electrons. The highest BCUT2D eigenvalue weighted by Gasteiger charge is 2.28. The number of rotatable bonds is 5. The van der Waals surface area contributed by atoms with E-state index in [0.717, 1.165) is 13.1 Å². The molecule has 0 aromatic carbocycles. The van der Waals surface area contributed by atoms with Gasteiger partial charge in [-0.3, -0.25) is 4.79 Å². The summed E-state index contributed by atoms with van der Waals surface area (Å²) in [5.41, 5.74) is 5.84. The third kappa shape index (κ3) is 3.47. The number of carbonyl (C=O) groups excluding carboxylic acids is 1. The molecule has 0 saturated carbocycles. The fourth-order valence-corrected chi connectivity index (χ4v) is 4.15. The van der Waals surface area contributed by atoms with E-state index in [0.29, 0.717) is 10.3 Å². The molecule has 1 amide bonds. The fourth-order valence-electron chi connectivity index (χ4n) is 2.03.